The lowest BCUT2D eigenvalue weighted by molar-refractivity contribution is -0.128. The molecular weight excluding hydrogens is 1170 g/mol. The maximum absolute atomic E-state index is 16.2. The predicted molar refractivity (Wildman–Crippen MR) is 297 cm³/mol. The van der Waals surface area contributed by atoms with Crippen molar-refractivity contribution in [2.24, 2.45) is 5.92 Å². The maximum atomic E-state index is 16.2. The maximum Gasteiger partial charge on any atom is 0.410 e. The van der Waals surface area contributed by atoms with Crippen LogP contribution in [-0.2, 0) is 69.8 Å². The molecule has 34 heteroatoms. The van der Waals surface area contributed by atoms with E-state index in [1.807, 2.05) is 0 Å². The lowest BCUT2D eigenvalue weighted by atomic mass is 10.0. The number of amides is 5. The number of ether oxygens (including phenoxy) is 4. The molecule has 2 bridgehead atoms. The first kappa shape index (κ1) is 61.1. The van der Waals surface area contributed by atoms with Gasteiger partial charge in [-0.15, -0.1) is 0 Å². The van der Waals surface area contributed by atoms with Crippen molar-refractivity contribution in [2.75, 3.05) is 30.8 Å². The van der Waals surface area contributed by atoms with Crippen molar-refractivity contribution in [1.29, 1.82) is 0 Å². The highest BCUT2D eigenvalue weighted by atomic mass is 32.7. The van der Waals surface area contributed by atoms with Gasteiger partial charge in [-0.1, -0.05) is 56.4 Å². The number of thiol groups is 1. The van der Waals surface area contributed by atoms with E-state index in [1.165, 1.54) is 52.9 Å². The first-order valence-corrected chi connectivity index (χ1v) is 30.2. The quantitative estimate of drug-likeness (QED) is 0.0594. The van der Waals surface area contributed by atoms with Crippen molar-refractivity contribution in [2.45, 2.75) is 122 Å². The van der Waals surface area contributed by atoms with E-state index in [0.717, 1.165) is 6.33 Å². The van der Waals surface area contributed by atoms with Crippen molar-refractivity contribution in [3.05, 3.63) is 101 Å². The molecule has 0 aliphatic carbocycles. The summed E-state index contributed by atoms with van der Waals surface area (Å²) in [5, 5.41) is 10.4. The summed E-state index contributed by atoms with van der Waals surface area (Å²) in [5.74, 6) is -2.53. The molecule has 3 aliphatic heterocycles. The van der Waals surface area contributed by atoms with Crippen molar-refractivity contribution in [3.8, 4) is 0 Å². The van der Waals surface area contributed by atoms with E-state index in [-0.39, 0.29) is 53.8 Å². The Morgan fingerprint density at radius 3 is 2.40 bits per heavy atom. The molecule has 0 radical (unpaired) electrons. The molecule has 30 nitrogen and oxygen atoms in total. The van der Waals surface area contributed by atoms with Crippen molar-refractivity contribution >= 4 is 93.2 Å². The number of alkyl halides is 1. The van der Waals surface area contributed by atoms with E-state index >= 15 is 4.39 Å². The van der Waals surface area contributed by atoms with E-state index in [0.29, 0.717) is 22.3 Å². The highest BCUT2D eigenvalue weighted by Crippen LogP contribution is 2.57. The van der Waals surface area contributed by atoms with Crippen LogP contribution in [0.5, 0.6) is 0 Å². The fourth-order valence-electron chi connectivity index (χ4n) is 9.15. The van der Waals surface area contributed by atoms with Crippen LogP contribution in [0.3, 0.4) is 0 Å². The lowest BCUT2D eigenvalue weighted by Gasteiger charge is -2.26. The number of carbonyl (C=O) groups is 5. The number of aromatic nitrogens is 8. The first-order chi connectivity index (χ1) is 39.7. The third kappa shape index (κ3) is 14.5. The number of alkyl carbamates (subject to hydrolysis) is 1. The van der Waals surface area contributed by atoms with Crippen LogP contribution < -0.4 is 31.5 Å². The summed E-state index contributed by atoms with van der Waals surface area (Å²) >= 11 is 4.09. The van der Waals surface area contributed by atoms with Gasteiger partial charge in [-0.3, -0.25) is 47.7 Å². The number of aromatic amines is 1. The molecule has 0 saturated carbocycles. The van der Waals surface area contributed by atoms with Gasteiger partial charge in [0, 0.05) is 37.8 Å². The van der Waals surface area contributed by atoms with E-state index < -0.39 is 126 Å². The van der Waals surface area contributed by atoms with E-state index in [2.05, 4.69) is 68.1 Å². The number of carbonyl (C=O) groups excluding carboxylic acids is 5. The Bertz CT molecular complexity index is 3680. The molecule has 5 amide bonds. The molecule has 6 N–H and O–H groups in total. The molecule has 84 heavy (non-hydrogen) atoms. The second-order valence-electron chi connectivity index (χ2n) is 21.1. The number of H-pyrrole nitrogens is 1. The second-order valence-corrected chi connectivity index (χ2v) is 25.4. The van der Waals surface area contributed by atoms with Crippen LogP contribution in [0, 0.1) is 5.92 Å². The zero-order chi connectivity index (χ0) is 60.4. The third-order valence-electron chi connectivity index (χ3n) is 13.2. The molecule has 3 fully saturated rings. The average molecular weight is 1230 g/mol. The number of anilines is 2. The first-order valence-electron chi connectivity index (χ1n) is 26.1. The Morgan fingerprint density at radius 2 is 1.67 bits per heavy atom. The third-order valence-corrected chi connectivity index (χ3v) is 15.8. The molecule has 0 spiro atoms. The number of halogens is 1. The Hall–Kier alpha value is -7.49. The minimum Gasteiger partial charge on any atom is -0.445 e. The molecule has 7 heterocycles. The minimum absolute atomic E-state index is 0.0838. The summed E-state index contributed by atoms with van der Waals surface area (Å²) in [6.45, 7) is 4.16. The van der Waals surface area contributed by atoms with Gasteiger partial charge in [-0.2, -0.15) is 18.1 Å². The number of benzene rings is 2. The molecule has 10 atom stereocenters. The second kappa shape index (κ2) is 25.0. The molecule has 9 rings (SSSR count). The monoisotopic (exact) mass is 1230 g/mol. The van der Waals surface area contributed by atoms with Crippen LogP contribution in [0.2, 0.25) is 0 Å². The number of imidazole rings is 2. The van der Waals surface area contributed by atoms with Gasteiger partial charge in [-0.05, 0) is 62.9 Å². The Labute approximate surface area is 483 Å². The minimum atomic E-state index is -4.74. The number of nitrogens with one attached hydrogen (secondary N) is 6. The van der Waals surface area contributed by atoms with Crippen LogP contribution in [0.15, 0.2) is 78.5 Å². The van der Waals surface area contributed by atoms with Crippen LogP contribution in [-0.4, -0.2) is 151 Å². The topological polar surface area (TPSA) is 372 Å². The zero-order valence-corrected chi connectivity index (χ0v) is 48.6. The highest BCUT2D eigenvalue weighted by molar-refractivity contribution is 8.44. The van der Waals surface area contributed by atoms with Crippen molar-refractivity contribution in [3.63, 3.8) is 0 Å². The fraction of sp³-hybridized carbons (Fsp3) is 0.460. The number of hydrogen-bond acceptors (Lipinski definition) is 21. The van der Waals surface area contributed by atoms with Gasteiger partial charge in [0.05, 0.1) is 31.6 Å². The van der Waals surface area contributed by atoms with E-state index in [4.69, 9.17) is 32.2 Å². The van der Waals surface area contributed by atoms with E-state index in [1.54, 1.807) is 77.1 Å². The SMILES string of the molecule is CC(C)[C@H](NC(=O)OC(C)(C)C)C(=O)N[C@@H](C)C(=O)Nc1ccc(COC(=O)N(C)Cc2ccccc2C(=O)Nc2nc3c(ncn3[C@@H]3O[C@@H]4CO[P@](=O)(S)O[C@H]5[C@@H](F)[C@H](n6cnc7cncnc76)O[C@@H]5CNS(=O)(=O)O[C@@H]3C4)c(=O)[nH]2)cc1. The Morgan fingerprint density at radius 1 is 0.940 bits per heavy atom. The average Bonchev–Trinajstić information content (AvgIpc) is 3.97. The van der Waals surface area contributed by atoms with Gasteiger partial charge in [0.25, 0.3) is 11.5 Å². The smallest absolute Gasteiger partial charge is 0.410 e. The fourth-order valence-corrected chi connectivity index (χ4v) is 11.6. The van der Waals surface area contributed by atoms with Crippen molar-refractivity contribution in [1.82, 2.24) is 59.3 Å². The summed E-state index contributed by atoms with van der Waals surface area (Å²) < 4.78 is 102. The summed E-state index contributed by atoms with van der Waals surface area (Å²) in [4.78, 5) is 104. The normalized spacial score (nSPS) is 24.1. The van der Waals surface area contributed by atoms with Crippen molar-refractivity contribution < 1.29 is 73.5 Å². The van der Waals surface area contributed by atoms with Gasteiger partial charge in [0.1, 0.15) is 54.4 Å². The zero-order valence-electron chi connectivity index (χ0n) is 46.0. The highest BCUT2D eigenvalue weighted by Gasteiger charge is 2.51. The molecule has 0 unspecified atom stereocenters. The Kier molecular flexibility index (Phi) is 18.2. The standard InChI is InChI=1S/C50H60FN14O16PS2/c1-25(2)36(59-48(70)79-50(4,5)6)43(68)57-26(3)41(66)58-29-14-12-27(13-15-29)20-75-49(71)63(7)19-28-10-8-9-11-31(28)42(67)61-47-60-40-37(44(69)62-47)55-24-65(40)45-33-16-30(77-45)21-76-82(72,83)80-38-34(18-56-84(73,74)81-33)78-46(35(38)51)64-23-54-32-17-52-22-53-39(32)64/h8-15,17,22-26,30,33-36,38,45-46,56H,16,18-21H2,1-7H3,(H,57,68)(H,58,66)(H,59,70)(H,72,83)(H2,60,61,62,67,69)/t26-,30-,33+,34+,35+,36-,38+,45+,46+,82-/m0/s1. The molecule has 2 aromatic carbocycles. The molecule has 6 aromatic rings. The van der Waals surface area contributed by atoms with Crippen LogP contribution in [0.25, 0.3) is 22.3 Å². The summed E-state index contributed by atoms with van der Waals surface area (Å²) in [7, 11) is -3.28. The Balaban J connectivity index is 0.810. The number of hydrogen-bond donors (Lipinski definition) is 7. The van der Waals surface area contributed by atoms with Crippen LogP contribution in [0.1, 0.15) is 81.9 Å². The van der Waals surface area contributed by atoms with Crippen LogP contribution in [0.4, 0.5) is 25.6 Å². The predicted octanol–water partition coefficient (Wildman–Crippen LogP) is 4.17. The largest absolute Gasteiger partial charge is 0.445 e. The molecule has 3 saturated heterocycles. The summed E-state index contributed by atoms with van der Waals surface area (Å²) in [6.07, 6.45) is -7.19. The molecule has 3 aliphatic rings. The molecule has 450 valence electrons. The van der Waals surface area contributed by atoms with Gasteiger partial charge < -0.3 is 39.8 Å². The van der Waals surface area contributed by atoms with Gasteiger partial charge in [-0.25, -0.2) is 42.7 Å². The van der Waals surface area contributed by atoms with E-state index in [9.17, 15) is 41.8 Å². The summed E-state index contributed by atoms with van der Waals surface area (Å²) in [6, 6.07) is 10.8. The number of rotatable bonds is 14. The summed E-state index contributed by atoms with van der Waals surface area (Å²) in [5.41, 5.74) is -0.0834. The van der Waals surface area contributed by atoms with Crippen LogP contribution >= 0.6 is 19.0 Å². The number of nitrogens with zero attached hydrogens (tertiary/aromatic N) is 8. The van der Waals surface area contributed by atoms with Gasteiger partial charge in [0.15, 0.2) is 35.4 Å². The van der Waals surface area contributed by atoms with Gasteiger partial charge in [0.2, 0.25) is 17.8 Å². The van der Waals surface area contributed by atoms with Gasteiger partial charge >= 0.3 is 29.3 Å². The lowest BCUT2D eigenvalue weighted by Crippen LogP contribution is -2.54. The molecule has 4 aromatic heterocycles. The number of fused-ring (bicyclic) bond motifs is 5. The molecular formula is C50H60FN14O16PS2.